The Morgan fingerprint density at radius 2 is 2.00 bits per heavy atom. The average Bonchev–Trinajstić information content (AvgIpc) is 3.19. The fourth-order valence-electron chi connectivity index (χ4n) is 6.15. The van der Waals surface area contributed by atoms with Crippen LogP contribution in [0.4, 0.5) is 0 Å². The molecule has 1 amide bonds. The van der Waals surface area contributed by atoms with Gasteiger partial charge < -0.3 is 0 Å². The lowest BCUT2D eigenvalue weighted by Gasteiger charge is -2.37. The van der Waals surface area contributed by atoms with Gasteiger partial charge in [0.15, 0.2) is 0 Å². The Morgan fingerprint density at radius 3 is 2.63 bits per heavy atom. The highest BCUT2D eigenvalue weighted by molar-refractivity contribution is 7.90. The van der Waals surface area contributed by atoms with Gasteiger partial charge in [-0.3, -0.25) is 9.63 Å². The van der Waals surface area contributed by atoms with E-state index >= 15 is 0 Å². The number of amides is 1. The summed E-state index contributed by atoms with van der Waals surface area (Å²) in [5.41, 5.74) is 3.55. The number of sulfonamides is 1. The molecule has 7 heteroatoms. The lowest BCUT2D eigenvalue weighted by Crippen LogP contribution is -2.53. The molecule has 166 valence electrons. The van der Waals surface area contributed by atoms with Gasteiger partial charge in [-0.2, -0.15) is 5.48 Å². The number of rotatable bonds is 7. The van der Waals surface area contributed by atoms with Crippen LogP contribution in [0, 0.1) is 22.7 Å². The zero-order valence-electron chi connectivity index (χ0n) is 18.4. The first-order chi connectivity index (χ1) is 14.1. The third-order valence-corrected chi connectivity index (χ3v) is 10.3. The Balaban J connectivity index is 1.55. The van der Waals surface area contributed by atoms with Crippen LogP contribution in [-0.2, 0) is 26.3 Å². The lowest BCUT2D eigenvalue weighted by atomic mass is 9.69. The number of hydroxylamine groups is 1. The third kappa shape index (κ3) is 3.21. The van der Waals surface area contributed by atoms with Crippen LogP contribution in [0.2, 0.25) is 0 Å². The molecule has 30 heavy (non-hydrogen) atoms. The van der Waals surface area contributed by atoms with Crippen LogP contribution in [-0.4, -0.2) is 36.5 Å². The van der Waals surface area contributed by atoms with Crippen molar-refractivity contribution in [1.82, 2.24) is 9.79 Å². The number of nitrogens with zero attached hydrogens (tertiary/aromatic N) is 1. The van der Waals surface area contributed by atoms with Gasteiger partial charge in [0.1, 0.15) is 6.04 Å². The molecule has 2 bridgehead atoms. The quantitative estimate of drug-likeness (QED) is 0.665. The highest BCUT2D eigenvalue weighted by atomic mass is 32.2. The largest absolute Gasteiger partial charge is 0.296 e. The van der Waals surface area contributed by atoms with Crippen molar-refractivity contribution in [1.29, 1.82) is 0 Å². The molecule has 1 N–H and O–H groups in total. The first-order valence-corrected chi connectivity index (χ1v) is 12.7. The van der Waals surface area contributed by atoms with E-state index in [1.807, 2.05) is 44.2 Å². The summed E-state index contributed by atoms with van der Waals surface area (Å²) in [7, 11) is -3.64. The molecule has 1 aromatic rings. The molecule has 3 aliphatic rings. The summed E-state index contributed by atoms with van der Waals surface area (Å²) in [6.45, 7) is 8.68. The van der Waals surface area contributed by atoms with Crippen LogP contribution in [0.25, 0.3) is 0 Å². The Labute approximate surface area is 180 Å². The maximum Gasteiger partial charge on any atom is 0.256 e. The van der Waals surface area contributed by atoms with Gasteiger partial charge in [-0.1, -0.05) is 64.4 Å². The van der Waals surface area contributed by atoms with Gasteiger partial charge in [0.2, 0.25) is 10.0 Å². The maximum atomic E-state index is 13.6. The summed E-state index contributed by atoms with van der Waals surface area (Å²) >= 11 is 0. The smallest absolute Gasteiger partial charge is 0.256 e. The zero-order chi connectivity index (χ0) is 21.7. The maximum absolute atomic E-state index is 13.6. The van der Waals surface area contributed by atoms with E-state index in [4.69, 9.17) is 4.84 Å². The number of benzene rings is 1. The predicted octanol–water partition coefficient (Wildman–Crippen LogP) is 3.49. The molecule has 3 unspecified atom stereocenters. The molecule has 1 saturated heterocycles. The van der Waals surface area contributed by atoms with Crippen LogP contribution in [0.3, 0.4) is 0 Å². The van der Waals surface area contributed by atoms with Gasteiger partial charge in [0, 0.05) is 5.41 Å². The molecule has 3 fully saturated rings. The van der Waals surface area contributed by atoms with Gasteiger partial charge in [-0.15, -0.1) is 0 Å². The summed E-state index contributed by atoms with van der Waals surface area (Å²) in [5, 5.41) is 0. The van der Waals surface area contributed by atoms with Crippen molar-refractivity contribution < 1.29 is 18.0 Å². The van der Waals surface area contributed by atoms with Crippen molar-refractivity contribution in [2.24, 2.45) is 22.7 Å². The van der Waals surface area contributed by atoms with E-state index < -0.39 is 16.1 Å². The molecule has 4 rings (SSSR count). The van der Waals surface area contributed by atoms with E-state index in [1.165, 1.54) is 4.31 Å². The second-order valence-corrected chi connectivity index (χ2v) is 11.9. The van der Waals surface area contributed by atoms with Gasteiger partial charge in [-0.25, -0.2) is 12.7 Å². The van der Waals surface area contributed by atoms with Gasteiger partial charge in [0.25, 0.3) is 5.91 Å². The van der Waals surface area contributed by atoms with E-state index in [0.29, 0.717) is 12.5 Å². The van der Waals surface area contributed by atoms with Crippen LogP contribution in [0.15, 0.2) is 30.3 Å². The SMILES string of the molecule is CCC(C)[C@@H](NOCc1ccccc1)C(=O)N1C2CC3CC[C@@]2(CS1(=O)=O)C3(C)C. The van der Waals surface area contributed by atoms with E-state index in [9.17, 15) is 13.2 Å². The normalized spacial score (nSPS) is 32.7. The lowest BCUT2D eigenvalue weighted by molar-refractivity contribution is -0.138. The zero-order valence-corrected chi connectivity index (χ0v) is 19.2. The predicted molar refractivity (Wildman–Crippen MR) is 116 cm³/mol. The summed E-state index contributed by atoms with van der Waals surface area (Å²) in [6.07, 6.45) is 3.49. The van der Waals surface area contributed by atoms with Crippen LogP contribution in [0.1, 0.15) is 58.9 Å². The first-order valence-electron chi connectivity index (χ1n) is 11.1. The highest BCUT2D eigenvalue weighted by Crippen LogP contribution is 2.70. The fourth-order valence-corrected chi connectivity index (χ4v) is 8.71. The van der Waals surface area contributed by atoms with Crippen LogP contribution >= 0.6 is 0 Å². The van der Waals surface area contributed by atoms with Crippen molar-refractivity contribution in [2.75, 3.05) is 5.75 Å². The number of hydrogen-bond acceptors (Lipinski definition) is 5. The molecule has 1 spiro atoms. The summed E-state index contributed by atoms with van der Waals surface area (Å²) < 4.78 is 27.7. The Hall–Kier alpha value is -1.44. The number of carbonyl (C=O) groups is 1. The minimum atomic E-state index is -3.64. The molecular formula is C23H34N2O4S. The van der Waals surface area contributed by atoms with Gasteiger partial charge in [0.05, 0.1) is 18.4 Å². The minimum Gasteiger partial charge on any atom is -0.296 e. The van der Waals surface area contributed by atoms with Crippen molar-refractivity contribution in [3.05, 3.63) is 35.9 Å². The minimum absolute atomic E-state index is 0.0494. The molecule has 1 aromatic carbocycles. The van der Waals surface area contributed by atoms with Crippen molar-refractivity contribution in [2.45, 2.75) is 72.1 Å². The van der Waals surface area contributed by atoms with E-state index in [2.05, 4.69) is 19.3 Å². The number of hydrogen-bond donors (Lipinski definition) is 1. The second-order valence-electron chi connectivity index (χ2n) is 10.0. The Kier molecular flexibility index (Phi) is 5.52. The molecular weight excluding hydrogens is 400 g/mol. The third-order valence-electron chi connectivity index (χ3n) is 8.40. The number of fused-ring (bicyclic) bond motifs is 1. The molecule has 5 atom stereocenters. The second kappa shape index (κ2) is 7.61. The molecule has 0 aromatic heterocycles. The summed E-state index contributed by atoms with van der Waals surface area (Å²) in [5.74, 6) is 0.171. The molecule has 2 saturated carbocycles. The molecule has 2 aliphatic carbocycles. The standard InChI is InChI=1S/C23H34N2O4S/c1-5-16(2)20(24-29-14-17-9-7-6-8-10-17)21(26)25-19-13-18-11-12-23(19,22(18,3)4)15-30(25,27)28/h6-10,16,18-20,24H,5,11-15H2,1-4H3/t16?,18?,19?,20-,23+/m1/s1. The van der Waals surface area contributed by atoms with E-state index in [-0.39, 0.29) is 34.4 Å². The average molecular weight is 435 g/mol. The van der Waals surface area contributed by atoms with Crippen LogP contribution < -0.4 is 5.48 Å². The monoisotopic (exact) mass is 434 g/mol. The molecule has 6 nitrogen and oxygen atoms in total. The summed E-state index contributed by atoms with van der Waals surface area (Å²) in [4.78, 5) is 19.3. The van der Waals surface area contributed by atoms with Crippen molar-refractivity contribution in [3.8, 4) is 0 Å². The van der Waals surface area contributed by atoms with E-state index in [0.717, 1.165) is 31.2 Å². The Morgan fingerprint density at radius 1 is 1.30 bits per heavy atom. The van der Waals surface area contributed by atoms with Crippen LogP contribution in [0.5, 0.6) is 0 Å². The Bertz CT molecular complexity index is 901. The first kappa shape index (κ1) is 21.8. The van der Waals surface area contributed by atoms with Crippen molar-refractivity contribution in [3.63, 3.8) is 0 Å². The topological polar surface area (TPSA) is 75.7 Å². The van der Waals surface area contributed by atoms with Gasteiger partial charge in [-0.05, 0) is 42.1 Å². The molecule has 0 radical (unpaired) electrons. The van der Waals surface area contributed by atoms with Gasteiger partial charge >= 0.3 is 0 Å². The number of carbonyl (C=O) groups excluding carboxylic acids is 1. The molecule has 1 aliphatic heterocycles. The number of nitrogens with one attached hydrogen (secondary N) is 1. The van der Waals surface area contributed by atoms with E-state index in [1.54, 1.807) is 0 Å². The van der Waals surface area contributed by atoms with Crippen molar-refractivity contribution >= 4 is 15.9 Å². The summed E-state index contributed by atoms with van der Waals surface area (Å²) in [6, 6.07) is 8.80. The molecule has 1 heterocycles. The highest BCUT2D eigenvalue weighted by Gasteiger charge is 2.72. The fraction of sp³-hybridized carbons (Fsp3) is 0.696.